The van der Waals surface area contributed by atoms with Crippen LogP contribution in [-0.2, 0) is 13.6 Å². The van der Waals surface area contributed by atoms with E-state index in [1.165, 1.54) is 20.6 Å². The molecule has 0 bridgehead atoms. The van der Waals surface area contributed by atoms with E-state index in [4.69, 9.17) is 9.05 Å². The van der Waals surface area contributed by atoms with Gasteiger partial charge in [0.25, 0.3) is 0 Å². The van der Waals surface area contributed by atoms with Gasteiger partial charge in [-0.2, -0.15) is 0 Å². The second-order valence-electron chi connectivity index (χ2n) is 4.41. The first-order valence-corrected chi connectivity index (χ1v) is 7.43. The van der Waals surface area contributed by atoms with E-state index in [9.17, 15) is 4.57 Å². The van der Waals surface area contributed by atoms with Crippen molar-refractivity contribution in [2.24, 2.45) is 5.41 Å². The minimum atomic E-state index is -2.86. The van der Waals surface area contributed by atoms with Crippen molar-refractivity contribution in [3.8, 4) is 11.8 Å². The Balaban J connectivity index is 2.58. The third kappa shape index (κ3) is 3.35. The van der Waals surface area contributed by atoms with Crippen LogP contribution in [0.5, 0.6) is 0 Å². The summed E-state index contributed by atoms with van der Waals surface area (Å²) in [5.41, 5.74) is 0.144. The summed E-state index contributed by atoms with van der Waals surface area (Å²) in [6.45, 7) is 1.85. The minimum Gasteiger partial charge on any atom is -0.312 e. The topological polar surface area (TPSA) is 35.5 Å². The van der Waals surface area contributed by atoms with E-state index >= 15 is 0 Å². The van der Waals surface area contributed by atoms with Crippen molar-refractivity contribution in [1.29, 1.82) is 0 Å². The second kappa shape index (κ2) is 5.87. The van der Waals surface area contributed by atoms with Gasteiger partial charge in [-0.15, -0.1) is 11.8 Å². The van der Waals surface area contributed by atoms with Gasteiger partial charge in [-0.05, 0) is 31.6 Å². The van der Waals surface area contributed by atoms with Crippen LogP contribution in [0.4, 0.5) is 0 Å². The molecule has 0 saturated heterocycles. The summed E-state index contributed by atoms with van der Waals surface area (Å²) in [4.78, 5) is 0. The van der Waals surface area contributed by atoms with Crippen molar-refractivity contribution in [1.82, 2.24) is 0 Å². The predicted molar refractivity (Wildman–Crippen MR) is 65.5 cm³/mol. The fourth-order valence-electron chi connectivity index (χ4n) is 2.23. The molecule has 0 radical (unpaired) electrons. The van der Waals surface area contributed by atoms with Gasteiger partial charge in [0.1, 0.15) is 0 Å². The van der Waals surface area contributed by atoms with Crippen molar-refractivity contribution < 1.29 is 13.6 Å². The standard InChI is InChI=1S/C12H21O3P/c1-4-5-6-8-12(9-7-10-12)11-16(13,14-2)15-3/h6-11H2,1-3H3. The quantitative estimate of drug-likeness (QED) is 0.530. The van der Waals surface area contributed by atoms with Gasteiger partial charge in [0, 0.05) is 20.6 Å². The van der Waals surface area contributed by atoms with E-state index in [0.717, 1.165) is 25.7 Å². The zero-order chi connectivity index (χ0) is 12.1. The Labute approximate surface area is 98.4 Å². The molecule has 0 N–H and O–H groups in total. The van der Waals surface area contributed by atoms with Crippen LogP contribution in [-0.4, -0.2) is 20.4 Å². The molecule has 4 heteroatoms. The lowest BCUT2D eigenvalue weighted by Crippen LogP contribution is -2.33. The highest BCUT2D eigenvalue weighted by Gasteiger charge is 2.43. The molecule has 0 spiro atoms. The van der Waals surface area contributed by atoms with Gasteiger partial charge < -0.3 is 9.05 Å². The molecule has 92 valence electrons. The van der Waals surface area contributed by atoms with E-state index in [0.29, 0.717) is 6.16 Å². The van der Waals surface area contributed by atoms with Crippen molar-refractivity contribution in [2.45, 2.75) is 39.0 Å². The summed E-state index contributed by atoms with van der Waals surface area (Å²) in [7, 11) is 0.0568. The molecule has 16 heavy (non-hydrogen) atoms. The Morgan fingerprint density at radius 1 is 1.31 bits per heavy atom. The SMILES string of the molecule is CC#CCCC1(CP(=O)(OC)OC)CCC1. The van der Waals surface area contributed by atoms with Crippen LogP contribution in [0.1, 0.15) is 39.0 Å². The average molecular weight is 244 g/mol. The third-order valence-corrected chi connectivity index (χ3v) is 5.63. The molecule has 0 unspecified atom stereocenters. The zero-order valence-corrected chi connectivity index (χ0v) is 11.3. The van der Waals surface area contributed by atoms with Crippen LogP contribution in [0.15, 0.2) is 0 Å². The highest BCUT2D eigenvalue weighted by molar-refractivity contribution is 7.53. The Hall–Kier alpha value is -0.290. The molecular formula is C12H21O3P. The van der Waals surface area contributed by atoms with Crippen molar-refractivity contribution in [3.63, 3.8) is 0 Å². The van der Waals surface area contributed by atoms with Crippen molar-refractivity contribution >= 4 is 7.60 Å². The lowest BCUT2D eigenvalue weighted by atomic mass is 9.67. The molecule has 1 rings (SSSR count). The zero-order valence-electron chi connectivity index (χ0n) is 10.4. The second-order valence-corrected chi connectivity index (χ2v) is 6.68. The van der Waals surface area contributed by atoms with Crippen LogP contribution < -0.4 is 0 Å². The van der Waals surface area contributed by atoms with Crippen LogP contribution in [0.25, 0.3) is 0 Å². The first-order chi connectivity index (χ1) is 7.60. The third-order valence-electron chi connectivity index (χ3n) is 3.46. The number of hydrogen-bond acceptors (Lipinski definition) is 3. The average Bonchev–Trinajstić information content (AvgIpc) is 2.25. The van der Waals surface area contributed by atoms with Crippen LogP contribution in [0.2, 0.25) is 0 Å². The fraction of sp³-hybridized carbons (Fsp3) is 0.833. The van der Waals surface area contributed by atoms with Crippen LogP contribution in [0.3, 0.4) is 0 Å². The smallest absolute Gasteiger partial charge is 0.312 e. The maximum Gasteiger partial charge on any atom is 0.330 e. The van der Waals surface area contributed by atoms with Gasteiger partial charge in [-0.3, -0.25) is 4.57 Å². The molecule has 1 aliphatic rings. The Kier molecular flexibility index (Phi) is 5.05. The Morgan fingerprint density at radius 2 is 1.94 bits per heavy atom. The molecule has 0 aromatic carbocycles. The first-order valence-electron chi connectivity index (χ1n) is 5.70. The molecule has 0 heterocycles. The molecular weight excluding hydrogens is 223 g/mol. The van der Waals surface area contributed by atoms with Gasteiger partial charge in [0.2, 0.25) is 0 Å². The molecule has 0 aromatic heterocycles. The lowest BCUT2D eigenvalue weighted by Gasteiger charge is -2.42. The van der Waals surface area contributed by atoms with Gasteiger partial charge in [-0.1, -0.05) is 6.42 Å². The van der Waals surface area contributed by atoms with E-state index in [-0.39, 0.29) is 5.41 Å². The number of rotatable bonds is 6. The molecule has 0 atom stereocenters. The normalized spacial score (nSPS) is 18.4. The summed E-state index contributed by atoms with van der Waals surface area (Å²) >= 11 is 0. The maximum absolute atomic E-state index is 12.1. The first kappa shape index (κ1) is 13.8. The number of hydrogen-bond donors (Lipinski definition) is 0. The highest BCUT2D eigenvalue weighted by Crippen LogP contribution is 2.58. The van der Waals surface area contributed by atoms with E-state index < -0.39 is 7.60 Å². The van der Waals surface area contributed by atoms with Crippen molar-refractivity contribution in [3.05, 3.63) is 0 Å². The summed E-state index contributed by atoms with van der Waals surface area (Å²) in [5, 5.41) is 0. The largest absolute Gasteiger partial charge is 0.330 e. The van der Waals surface area contributed by atoms with E-state index in [1.807, 2.05) is 6.92 Å². The van der Waals surface area contributed by atoms with Gasteiger partial charge in [0.15, 0.2) is 0 Å². The predicted octanol–water partition coefficient (Wildman–Crippen LogP) is 3.45. The summed E-state index contributed by atoms with van der Waals surface area (Å²) in [6, 6.07) is 0. The summed E-state index contributed by atoms with van der Waals surface area (Å²) < 4.78 is 22.2. The molecule has 1 aliphatic carbocycles. The molecule has 0 aliphatic heterocycles. The highest BCUT2D eigenvalue weighted by atomic mass is 31.2. The maximum atomic E-state index is 12.1. The van der Waals surface area contributed by atoms with Gasteiger partial charge in [-0.25, -0.2) is 0 Å². The molecule has 0 amide bonds. The Bertz CT molecular complexity index is 315. The van der Waals surface area contributed by atoms with E-state index in [2.05, 4.69) is 11.8 Å². The summed E-state index contributed by atoms with van der Waals surface area (Å²) in [6.07, 6.45) is 5.88. The lowest BCUT2D eigenvalue weighted by molar-refractivity contribution is 0.137. The fourth-order valence-corrected chi connectivity index (χ4v) is 3.93. The molecule has 0 aromatic rings. The monoisotopic (exact) mass is 244 g/mol. The van der Waals surface area contributed by atoms with Crippen LogP contribution in [0, 0.1) is 17.3 Å². The van der Waals surface area contributed by atoms with Crippen LogP contribution >= 0.6 is 7.60 Å². The molecule has 1 saturated carbocycles. The van der Waals surface area contributed by atoms with Crippen molar-refractivity contribution in [2.75, 3.05) is 20.4 Å². The van der Waals surface area contributed by atoms with E-state index in [1.54, 1.807) is 0 Å². The molecule has 1 fully saturated rings. The van der Waals surface area contributed by atoms with Gasteiger partial charge in [0.05, 0.1) is 6.16 Å². The summed E-state index contributed by atoms with van der Waals surface area (Å²) in [5.74, 6) is 5.97. The minimum absolute atomic E-state index is 0.144. The Morgan fingerprint density at radius 3 is 2.31 bits per heavy atom. The van der Waals surface area contributed by atoms with Gasteiger partial charge >= 0.3 is 7.60 Å². The molecule has 3 nitrogen and oxygen atoms in total.